The lowest BCUT2D eigenvalue weighted by molar-refractivity contribution is -0.141. The van der Waals surface area contributed by atoms with E-state index in [0.29, 0.717) is 23.6 Å². The number of amides is 4. The predicted molar refractivity (Wildman–Crippen MR) is 141 cm³/mol. The average Bonchev–Trinajstić information content (AvgIpc) is 3.32. The van der Waals surface area contributed by atoms with Crippen LogP contribution in [0.2, 0.25) is 0 Å². The third-order valence-electron chi connectivity index (χ3n) is 6.05. The van der Waals surface area contributed by atoms with Gasteiger partial charge in [0.05, 0.1) is 25.4 Å². The van der Waals surface area contributed by atoms with E-state index in [0.717, 1.165) is 5.56 Å². The highest BCUT2D eigenvalue weighted by Gasteiger charge is 2.30. The van der Waals surface area contributed by atoms with E-state index in [2.05, 4.69) is 21.1 Å². The number of aryl methyl sites for hydroxylation is 1. The summed E-state index contributed by atoms with van der Waals surface area (Å²) in [5, 5.41) is 12.1. The van der Waals surface area contributed by atoms with Gasteiger partial charge in [-0.1, -0.05) is 31.1 Å². The fourth-order valence-corrected chi connectivity index (χ4v) is 4.14. The lowest BCUT2D eigenvalue weighted by atomic mass is 10.0. The molecule has 0 aliphatic carbocycles. The first-order chi connectivity index (χ1) is 18.6. The Morgan fingerprint density at radius 3 is 2.56 bits per heavy atom. The van der Waals surface area contributed by atoms with E-state index in [1.807, 2.05) is 13.8 Å². The Balaban J connectivity index is 1.86. The number of aromatic nitrogens is 1. The highest BCUT2D eigenvalue weighted by Crippen LogP contribution is 2.15. The quantitative estimate of drug-likeness (QED) is 0.412. The first kappa shape index (κ1) is 29.6. The highest BCUT2D eigenvalue weighted by molar-refractivity contribution is 5.93. The van der Waals surface area contributed by atoms with Crippen molar-refractivity contribution in [1.82, 2.24) is 26.0 Å². The first-order valence-corrected chi connectivity index (χ1v) is 12.9. The van der Waals surface area contributed by atoms with Crippen LogP contribution in [0.25, 0.3) is 0 Å². The second-order valence-electron chi connectivity index (χ2n) is 9.91. The zero-order valence-corrected chi connectivity index (χ0v) is 22.8. The number of ether oxygens (including phenoxy) is 2. The molecule has 0 radical (unpaired) electrons. The van der Waals surface area contributed by atoms with E-state index in [-0.39, 0.29) is 45.2 Å². The minimum absolute atomic E-state index is 0.0950. The molecule has 4 amide bonds. The maximum absolute atomic E-state index is 13.5. The molecular formula is C27H37N5O7. The van der Waals surface area contributed by atoms with Crippen molar-refractivity contribution in [3.8, 4) is 5.75 Å². The summed E-state index contributed by atoms with van der Waals surface area (Å²) in [5.74, 6) is -0.758. The lowest BCUT2D eigenvalue weighted by Crippen LogP contribution is -2.55. The fraction of sp³-hybridized carbons (Fsp3) is 0.519. The number of rotatable bonds is 8. The normalized spacial score (nSPS) is 19.0. The maximum Gasteiger partial charge on any atom is 0.258 e. The summed E-state index contributed by atoms with van der Waals surface area (Å²) in [6, 6.07) is 6.83. The van der Waals surface area contributed by atoms with E-state index in [1.54, 1.807) is 37.3 Å². The van der Waals surface area contributed by atoms with Gasteiger partial charge in [0.15, 0.2) is 12.4 Å². The Kier molecular flexibility index (Phi) is 10.9. The number of fused-ring (bicyclic) bond motifs is 13. The fourth-order valence-electron chi connectivity index (χ4n) is 4.14. The predicted octanol–water partition coefficient (Wildman–Crippen LogP) is 0.725. The van der Waals surface area contributed by atoms with Crippen LogP contribution in [0.4, 0.5) is 0 Å². The molecule has 0 saturated carbocycles. The summed E-state index contributed by atoms with van der Waals surface area (Å²) in [5.41, 5.74) is 1.45. The van der Waals surface area contributed by atoms with Crippen molar-refractivity contribution in [2.24, 2.45) is 5.92 Å². The summed E-state index contributed by atoms with van der Waals surface area (Å²) in [6.45, 7) is 5.49. The summed E-state index contributed by atoms with van der Waals surface area (Å²) in [7, 11) is 1.49. The number of carbonyl (C=O) groups excluding carboxylic acids is 4. The highest BCUT2D eigenvalue weighted by atomic mass is 16.5. The summed E-state index contributed by atoms with van der Waals surface area (Å²) < 4.78 is 15.9. The Hall–Kier alpha value is -3.93. The van der Waals surface area contributed by atoms with Crippen molar-refractivity contribution in [3.05, 3.63) is 47.3 Å². The molecule has 0 saturated heterocycles. The summed E-state index contributed by atoms with van der Waals surface area (Å²) in [6.07, 6.45) is 0.562. The third-order valence-corrected chi connectivity index (χ3v) is 6.05. The molecule has 0 spiro atoms. The number of carbonyl (C=O) groups is 4. The van der Waals surface area contributed by atoms with Gasteiger partial charge in [-0.2, -0.15) is 0 Å². The van der Waals surface area contributed by atoms with Gasteiger partial charge in [-0.05, 0) is 37.0 Å². The van der Waals surface area contributed by atoms with Gasteiger partial charge in [0.2, 0.25) is 17.7 Å². The number of hydrogen-bond acceptors (Lipinski definition) is 8. The van der Waals surface area contributed by atoms with Crippen molar-refractivity contribution in [2.45, 2.75) is 52.2 Å². The molecule has 2 aliphatic rings. The van der Waals surface area contributed by atoms with Crippen LogP contribution in [0.3, 0.4) is 0 Å². The largest absolute Gasteiger partial charge is 0.484 e. The van der Waals surface area contributed by atoms with E-state index in [9.17, 15) is 19.2 Å². The zero-order chi connectivity index (χ0) is 28.4. The minimum atomic E-state index is -0.924. The summed E-state index contributed by atoms with van der Waals surface area (Å²) >= 11 is 0. The molecule has 0 fully saturated rings. The summed E-state index contributed by atoms with van der Waals surface area (Å²) in [4.78, 5) is 53.8. The van der Waals surface area contributed by atoms with Gasteiger partial charge < -0.3 is 34.8 Å². The van der Waals surface area contributed by atoms with E-state index < -0.39 is 35.7 Å². The number of benzene rings is 1. The molecule has 0 unspecified atom stereocenters. The monoisotopic (exact) mass is 543 g/mol. The van der Waals surface area contributed by atoms with Crippen molar-refractivity contribution in [1.29, 1.82) is 0 Å². The van der Waals surface area contributed by atoms with Crippen LogP contribution in [0, 0.1) is 12.8 Å². The van der Waals surface area contributed by atoms with E-state index in [4.69, 9.17) is 14.0 Å². The lowest BCUT2D eigenvalue weighted by Gasteiger charge is -2.29. The molecule has 1 aromatic heterocycles. The molecule has 1 aromatic carbocycles. The Bertz CT molecular complexity index is 1130. The van der Waals surface area contributed by atoms with Crippen molar-refractivity contribution >= 4 is 23.6 Å². The Morgan fingerprint density at radius 2 is 1.92 bits per heavy atom. The first-order valence-electron chi connectivity index (χ1n) is 12.9. The Morgan fingerprint density at radius 1 is 1.18 bits per heavy atom. The van der Waals surface area contributed by atoms with Gasteiger partial charge in [0.1, 0.15) is 17.8 Å². The molecular weight excluding hydrogens is 506 g/mol. The second kappa shape index (κ2) is 14.3. The third kappa shape index (κ3) is 9.40. The topological polar surface area (TPSA) is 152 Å². The van der Waals surface area contributed by atoms with Gasteiger partial charge >= 0.3 is 0 Å². The van der Waals surface area contributed by atoms with Crippen LogP contribution >= 0.6 is 0 Å². The van der Waals surface area contributed by atoms with Gasteiger partial charge in [0.25, 0.3) is 5.91 Å². The van der Waals surface area contributed by atoms with E-state index >= 15 is 0 Å². The average molecular weight is 544 g/mol. The smallest absolute Gasteiger partial charge is 0.258 e. The number of methoxy groups -OCH3 is 1. The van der Waals surface area contributed by atoms with Crippen LogP contribution in [0.15, 0.2) is 34.9 Å². The zero-order valence-electron chi connectivity index (χ0n) is 22.8. The van der Waals surface area contributed by atoms with Crippen LogP contribution in [-0.2, 0) is 36.9 Å². The number of nitrogens with one attached hydrogen (secondary N) is 3. The molecule has 212 valence electrons. The van der Waals surface area contributed by atoms with Gasteiger partial charge in [-0.15, -0.1) is 0 Å². The molecule has 12 heteroatoms. The van der Waals surface area contributed by atoms with Gasteiger partial charge in [-0.3, -0.25) is 19.2 Å². The SMILES string of the molecule is COCCN1CC(=O)N[C@H](C(=O)NCc2cc(C)no2)Cc2ccc(cc2)OCC(=O)N[C@@H](CC(C)C)C1=O. The molecule has 4 rings (SSSR count). The Labute approximate surface area is 227 Å². The van der Waals surface area contributed by atoms with Crippen LogP contribution in [0.1, 0.15) is 37.3 Å². The molecule has 2 atom stereocenters. The van der Waals surface area contributed by atoms with Crippen LogP contribution < -0.4 is 20.7 Å². The maximum atomic E-state index is 13.5. The van der Waals surface area contributed by atoms with Crippen LogP contribution in [0.5, 0.6) is 5.75 Å². The van der Waals surface area contributed by atoms with Gasteiger partial charge in [0, 0.05) is 26.1 Å². The van der Waals surface area contributed by atoms with Gasteiger partial charge in [-0.25, -0.2) is 0 Å². The molecule has 12 nitrogen and oxygen atoms in total. The molecule has 39 heavy (non-hydrogen) atoms. The molecule has 2 bridgehead atoms. The molecule has 3 heterocycles. The number of hydrogen-bond donors (Lipinski definition) is 3. The minimum Gasteiger partial charge on any atom is -0.484 e. The molecule has 3 N–H and O–H groups in total. The molecule has 2 aromatic rings. The number of nitrogens with zero attached hydrogens (tertiary/aromatic N) is 2. The van der Waals surface area contributed by atoms with Crippen molar-refractivity contribution in [2.75, 3.05) is 33.4 Å². The van der Waals surface area contributed by atoms with Crippen molar-refractivity contribution in [3.63, 3.8) is 0 Å². The van der Waals surface area contributed by atoms with E-state index in [1.165, 1.54) is 12.0 Å². The molecule has 2 aliphatic heterocycles. The standard InChI is InChI=1S/C27H37N5O7/c1-17(2)11-23-27(36)32(9-10-37-4)15-24(33)29-22(26(35)28-14-21-12-18(3)31-39-21)13-19-5-7-20(8-6-19)38-16-25(34)30-23/h5-8,12,17,22-23H,9-11,13-16H2,1-4H3,(H,28,35)(H,29,33)(H,30,34)/t22-,23-/m0/s1. The second-order valence-corrected chi connectivity index (χ2v) is 9.91. The van der Waals surface area contributed by atoms with Crippen LogP contribution in [-0.4, -0.2) is 79.2 Å². The van der Waals surface area contributed by atoms with Crippen molar-refractivity contribution < 1.29 is 33.2 Å².